The van der Waals surface area contributed by atoms with Gasteiger partial charge in [0, 0.05) is 12.6 Å². The van der Waals surface area contributed by atoms with Crippen LogP contribution in [-0.4, -0.2) is 42.8 Å². The standard InChI is InChI=1S/C11H24N2O/c1-13(2)8-10(12)11(14)9-6-4-3-5-7-9/h9-11,14H,3-8,12H2,1-2H3/t10-,11-/m1/s1. The van der Waals surface area contributed by atoms with Gasteiger partial charge in [-0.25, -0.2) is 0 Å². The first-order chi connectivity index (χ1) is 6.61. The van der Waals surface area contributed by atoms with E-state index in [9.17, 15) is 5.11 Å². The van der Waals surface area contributed by atoms with Crippen molar-refractivity contribution in [1.82, 2.24) is 4.90 Å². The average Bonchev–Trinajstić information content (AvgIpc) is 2.17. The van der Waals surface area contributed by atoms with Crippen molar-refractivity contribution in [3.8, 4) is 0 Å². The van der Waals surface area contributed by atoms with Gasteiger partial charge in [0.15, 0.2) is 0 Å². The molecule has 0 spiro atoms. The molecule has 1 saturated carbocycles. The molecule has 3 N–H and O–H groups in total. The maximum atomic E-state index is 10.0. The van der Waals surface area contributed by atoms with Gasteiger partial charge in [-0.05, 0) is 32.9 Å². The molecule has 0 aromatic carbocycles. The SMILES string of the molecule is CN(C)C[C@@H](N)[C@H](O)C1CCCCC1. The topological polar surface area (TPSA) is 49.5 Å². The van der Waals surface area contributed by atoms with E-state index >= 15 is 0 Å². The van der Waals surface area contributed by atoms with Crippen molar-refractivity contribution >= 4 is 0 Å². The quantitative estimate of drug-likeness (QED) is 0.706. The molecule has 1 fully saturated rings. The number of rotatable bonds is 4. The summed E-state index contributed by atoms with van der Waals surface area (Å²) in [6.45, 7) is 0.775. The van der Waals surface area contributed by atoms with Crippen molar-refractivity contribution in [2.24, 2.45) is 11.7 Å². The molecule has 14 heavy (non-hydrogen) atoms. The zero-order valence-corrected chi connectivity index (χ0v) is 9.45. The molecule has 0 aromatic rings. The molecule has 0 aromatic heterocycles. The van der Waals surface area contributed by atoms with Gasteiger partial charge < -0.3 is 15.7 Å². The van der Waals surface area contributed by atoms with Crippen LogP contribution in [0.3, 0.4) is 0 Å². The van der Waals surface area contributed by atoms with E-state index in [1.165, 1.54) is 19.3 Å². The zero-order chi connectivity index (χ0) is 10.6. The highest BCUT2D eigenvalue weighted by atomic mass is 16.3. The van der Waals surface area contributed by atoms with Crippen molar-refractivity contribution in [2.75, 3.05) is 20.6 Å². The fraction of sp³-hybridized carbons (Fsp3) is 1.00. The summed E-state index contributed by atoms with van der Waals surface area (Å²) >= 11 is 0. The van der Waals surface area contributed by atoms with Crippen LogP contribution in [-0.2, 0) is 0 Å². The Kier molecular flexibility index (Phi) is 4.85. The molecule has 0 unspecified atom stereocenters. The second-order valence-corrected chi connectivity index (χ2v) is 4.81. The highest BCUT2D eigenvalue weighted by Crippen LogP contribution is 2.27. The van der Waals surface area contributed by atoms with Gasteiger partial charge in [-0.2, -0.15) is 0 Å². The van der Waals surface area contributed by atoms with E-state index in [1.807, 2.05) is 19.0 Å². The van der Waals surface area contributed by atoms with E-state index in [-0.39, 0.29) is 12.1 Å². The molecule has 1 aliphatic rings. The summed E-state index contributed by atoms with van der Waals surface area (Å²) in [5.74, 6) is 0.443. The summed E-state index contributed by atoms with van der Waals surface area (Å²) in [5, 5.41) is 10.0. The molecule has 3 heteroatoms. The Labute approximate surface area is 87.3 Å². The van der Waals surface area contributed by atoms with Gasteiger partial charge in [-0.1, -0.05) is 19.3 Å². The van der Waals surface area contributed by atoms with E-state index < -0.39 is 0 Å². The van der Waals surface area contributed by atoms with Gasteiger partial charge in [-0.15, -0.1) is 0 Å². The molecule has 3 nitrogen and oxygen atoms in total. The molecule has 0 amide bonds. The van der Waals surface area contributed by atoms with Crippen molar-refractivity contribution in [2.45, 2.75) is 44.2 Å². The maximum absolute atomic E-state index is 10.0. The Morgan fingerprint density at radius 3 is 2.36 bits per heavy atom. The third-order valence-electron chi connectivity index (χ3n) is 3.15. The van der Waals surface area contributed by atoms with Crippen LogP contribution >= 0.6 is 0 Å². The second kappa shape index (κ2) is 5.69. The normalized spacial score (nSPS) is 23.8. The number of hydrogen-bond acceptors (Lipinski definition) is 3. The fourth-order valence-corrected chi connectivity index (χ4v) is 2.35. The van der Waals surface area contributed by atoms with Crippen molar-refractivity contribution in [3.05, 3.63) is 0 Å². The lowest BCUT2D eigenvalue weighted by Gasteiger charge is -2.31. The Morgan fingerprint density at radius 2 is 1.86 bits per heavy atom. The molecule has 0 heterocycles. The Morgan fingerprint density at radius 1 is 1.29 bits per heavy atom. The van der Waals surface area contributed by atoms with Crippen LogP contribution in [0, 0.1) is 5.92 Å². The predicted molar refractivity (Wildman–Crippen MR) is 59.1 cm³/mol. The minimum atomic E-state index is -0.308. The molecular formula is C11H24N2O. The number of aliphatic hydroxyl groups excluding tert-OH is 1. The van der Waals surface area contributed by atoms with Gasteiger partial charge in [0.05, 0.1) is 6.10 Å². The summed E-state index contributed by atoms with van der Waals surface area (Å²) in [6, 6.07) is -0.0897. The monoisotopic (exact) mass is 200 g/mol. The lowest BCUT2D eigenvalue weighted by molar-refractivity contribution is 0.0542. The molecule has 2 atom stereocenters. The van der Waals surface area contributed by atoms with E-state index in [1.54, 1.807) is 0 Å². The van der Waals surface area contributed by atoms with Crippen LogP contribution in [0.25, 0.3) is 0 Å². The van der Waals surface area contributed by atoms with E-state index in [4.69, 9.17) is 5.73 Å². The molecule has 0 bridgehead atoms. The van der Waals surface area contributed by atoms with Crippen molar-refractivity contribution in [1.29, 1.82) is 0 Å². The van der Waals surface area contributed by atoms with Gasteiger partial charge in [-0.3, -0.25) is 0 Å². The molecule has 1 aliphatic carbocycles. The lowest BCUT2D eigenvalue weighted by atomic mass is 9.83. The van der Waals surface area contributed by atoms with Crippen LogP contribution in [0.4, 0.5) is 0 Å². The second-order valence-electron chi connectivity index (χ2n) is 4.81. The Hall–Kier alpha value is -0.120. The smallest absolute Gasteiger partial charge is 0.0731 e. The van der Waals surface area contributed by atoms with Gasteiger partial charge in [0.1, 0.15) is 0 Å². The minimum Gasteiger partial charge on any atom is -0.391 e. The summed E-state index contributed by atoms with van der Waals surface area (Å²) in [6.07, 6.45) is 5.85. The van der Waals surface area contributed by atoms with Crippen LogP contribution in [0.2, 0.25) is 0 Å². The van der Waals surface area contributed by atoms with E-state index in [0.29, 0.717) is 5.92 Å². The van der Waals surface area contributed by atoms with Crippen molar-refractivity contribution in [3.63, 3.8) is 0 Å². The molecule has 0 radical (unpaired) electrons. The van der Waals surface area contributed by atoms with Crippen LogP contribution < -0.4 is 5.73 Å². The van der Waals surface area contributed by atoms with Gasteiger partial charge in [0.2, 0.25) is 0 Å². The Bertz CT molecular complexity index is 155. The van der Waals surface area contributed by atoms with Crippen LogP contribution in [0.5, 0.6) is 0 Å². The largest absolute Gasteiger partial charge is 0.391 e. The summed E-state index contributed by atoms with van der Waals surface area (Å²) in [4.78, 5) is 2.04. The summed E-state index contributed by atoms with van der Waals surface area (Å²) < 4.78 is 0. The third-order valence-corrected chi connectivity index (χ3v) is 3.15. The van der Waals surface area contributed by atoms with E-state index in [0.717, 1.165) is 19.4 Å². The van der Waals surface area contributed by atoms with Gasteiger partial charge in [0.25, 0.3) is 0 Å². The molecule has 84 valence electrons. The summed E-state index contributed by atoms with van der Waals surface area (Å²) in [5.41, 5.74) is 5.96. The highest BCUT2D eigenvalue weighted by Gasteiger charge is 2.26. The number of aliphatic hydroxyl groups is 1. The first kappa shape index (κ1) is 12.0. The van der Waals surface area contributed by atoms with Gasteiger partial charge >= 0.3 is 0 Å². The fourth-order valence-electron chi connectivity index (χ4n) is 2.35. The first-order valence-electron chi connectivity index (χ1n) is 5.69. The van der Waals surface area contributed by atoms with Crippen molar-refractivity contribution < 1.29 is 5.11 Å². The number of nitrogens with two attached hydrogens (primary N) is 1. The average molecular weight is 200 g/mol. The predicted octanol–water partition coefficient (Wildman–Crippen LogP) is 0.816. The molecule has 0 aliphatic heterocycles. The number of nitrogens with zero attached hydrogens (tertiary/aromatic N) is 1. The van der Waals surface area contributed by atoms with Crippen LogP contribution in [0.15, 0.2) is 0 Å². The van der Waals surface area contributed by atoms with E-state index in [2.05, 4.69) is 0 Å². The van der Waals surface area contributed by atoms with Crippen LogP contribution in [0.1, 0.15) is 32.1 Å². The lowest BCUT2D eigenvalue weighted by Crippen LogP contribution is -2.46. The first-order valence-corrected chi connectivity index (χ1v) is 5.69. The molecule has 1 rings (SSSR count). The summed E-state index contributed by atoms with van der Waals surface area (Å²) in [7, 11) is 3.99. The Balaban J connectivity index is 2.33. The minimum absolute atomic E-state index is 0.0897. The number of likely N-dealkylation sites (N-methyl/N-ethyl adjacent to an activating group) is 1. The highest BCUT2D eigenvalue weighted by molar-refractivity contribution is 4.82. The third kappa shape index (κ3) is 3.56. The zero-order valence-electron chi connectivity index (χ0n) is 9.45. The molecular weight excluding hydrogens is 176 g/mol. The number of hydrogen-bond donors (Lipinski definition) is 2. The maximum Gasteiger partial charge on any atom is 0.0731 e. The molecule has 0 saturated heterocycles.